The topological polar surface area (TPSA) is 49.8 Å². The van der Waals surface area contributed by atoms with Crippen molar-refractivity contribution < 1.29 is 4.39 Å². The van der Waals surface area contributed by atoms with Gasteiger partial charge in [0.15, 0.2) is 0 Å². The number of nitrogens with one attached hydrogen (secondary N) is 2. The second-order valence-corrected chi connectivity index (χ2v) is 5.25. The van der Waals surface area contributed by atoms with E-state index in [1.807, 2.05) is 24.3 Å². The molecule has 2 aromatic carbocycles. The van der Waals surface area contributed by atoms with Gasteiger partial charge in [0, 0.05) is 17.6 Å². The highest BCUT2D eigenvalue weighted by Gasteiger charge is 2.04. The third-order valence-corrected chi connectivity index (χ3v) is 3.59. The molecule has 23 heavy (non-hydrogen) atoms. The molecular weight excluding hydrogens is 315 g/mol. The summed E-state index contributed by atoms with van der Waals surface area (Å²) in [6.45, 7) is 0.538. The van der Waals surface area contributed by atoms with E-state index in [0.717, 1.165) is 5.56 Å². The van der Waals surface area contributed by atoms with Crippen molar-refractivity contribution in [2.45, 2.75) is 6.54 Å². The molecule has 0 aliphatic heterocycles. The fourth-order valence-corrected chi connectivity index (χ4v) is 2.25. The molecule has 0 unspecified atom stereocenters. The Kier molecular flexibility index (Phi) is 4.68. The summed E-state index contributed by atoms with van der Waals surface area (Å²) >= 11 is 6.12. The second kappa shape index (κ2) is 7.07. The summed E-state index contributed by atoms with van der Waals surface area (Å²) in [6.07, 6.45) is 1.41. The van der Waals surface area contributed by atoms with Crippen LogP contribution >= 0.6 is 11.6 Å². The normalized spacial score (nSPS) is 10.3. The number of benzene rings is 2. The minimum atomic E-state index is -0.336. The first-order chi connectivity index (χ1) is 11.2. The van der Waals surface area contributed by atoms with E-state index < -0.39 is 0 Å². The third kappa shape index (κ3) is 3.96. The van der Waals surface area contributed by atoms with Gasteiger partial charge in [0.25, 0.3) is 0 Å². The zero-order chi connectivity index (χ0) is 16.1. The number of para-hydroxylation sites is 1. The monoisotopic (exact) mass is 328 g/mol. The Bertz CT molecular complexity index is 810. The van der Waals surface area contributed by atoms with Gasteiger partial charge in [0.05, 0.1) is 5.69 Å². The molecular formula is C17H14ClFN4. The lowest BCUT2D eigenvalue weighted by atomic mass is 10.2. The average Bonchev–Trinajstić information content (AvgIpc) is 2.57. The molecule has 2 N–H and O–H groups in total. The molecule has 0 fully saturated rings. The zero-order valence-electron chi connectivity index (χ0n) is 12.1. The van der Waals surface area contributed by atoms with Crippen LogP contribution in [0.15, 0.2) is 60.9 Å². The maximum Gasteiger partial charge on any atom is 0.146 e. The van der Waals surface area contributed by atoms with Gasteiger partial charge in [-0.25, -0.2) is 14.4 Å². The Balaban J connectivity index is 1.70. The van der Waals surface area contributed by atoms with Crippen LogP contribution < -0.4 is 10.6 Å². The lowest BCUT2D eigenvalue weighted by molar-refractivity contribution is 0.632. The molecule has 6 heteroatoms. The van der Waals surface area contributed by atoms with Crippen molar-refractivity contribution in [2.75, 3.05) is 10.6 Å². The van der Waals surface area contributed by atoms with E-state index in [-0.39, 0.29) is 5.82 Å². The van der Waals surface area contributed by atoms with Crippen molar-refractivity contribution in [3.05, 3.63) is 77.3 Å². The van der Waals surface area contributed by atoms with Crippen molar-refractivity contribution in [1.82, 2.24) is 9.97 Å². The SMILES string of the molecule is Fc1ccccc1Nc1cc(NCc2ccccc2Cl)ncn1. The lowest BCUT2D eigenvalue weighted by Gasteiger charge is -2.10. The van der Waals surface area contributed by atoms with Crippen LogP contribution in [-0.4, -0.2) is 9.97 Å². The molecule has 0 aliphatic rings. The van der Waals surface area contributed by atoms with E-state index in [4.69, 9.17) is 11.6 Å². The Labute approximate surface area is 138 Å². The first-order valence-corrected chi connectivity index (χ1v) is 7.41. The van der Waals surface area contributed by atoms with Gasteiger partial charge in [0.1, 0.15) is 23.8 Å². The average molecular weight is 329 g/mol. The number of hydrogen-bond acceptors (Lipinski definition) is 4. The van der Waals surface area contributed by atoms with Crippen LogP contribution in [0.2, 0.25) is 5.02 Å². The molecule has 0 atom stereocenters. The molecule has 3 aromatic rings. The number of hydrogen-bond donors (Lipinski definition) is 2. The zero-order valence-corrected chi connectivity index (χ0v) is 12.9. The molecule has 0 saturated heterocycles. The van der Waals surface area contributed by atoms with Crippen molar-refractivity contribution in [2.24, 2.45) is 0 Å². The van der Waals surface area contributed by atoms with Gasteiger partial charge in [-0.3, -0.25) is 0 Å². The first-order valence-electron chi connectivity index (χ1n) is 7.03. The van der Waals surface area contributed by atoms with Gasteiger partial charge in [0.2, 0.25) is 0 Å². The van der Waals surface area contributed by atoms with Crippen LogP contribution in [0.1, 0.15) is 5.56 Å². The summed E-state index contributed by atoms with van der Waals surface area (Å²) in [6, 6.07) is 15.7. The molecule has 0 bridgehead atoms. The summed E-state index contributed by atoms with van der Waals surface area (Å²) in [5.74, 6) is 0.794. The van der Waals surface area contributed by atoms with Crippen LogP contribution in [-0.2, 0) is 6.54 Å². The maximum atomic E-state index is 13.7. The number of anilines is 3. The highest BCUT2D eigenvalue weighted by Crippen LogP contribution is 2.20. The molecule has 0 spiro atoms. The van der Waals surface area contributed by atoms with Crippen molar-refractivity contribution in [3.63, 3.8) is 0 Å². The predicted octanol–water partition coefficient (Wildman–Crippen LogP) is 4.62. The van der Waals surface area contributed by atoms with E-state index in [1.165, 1.54) is 12.4 Å². The molecule has 0 radical (unpaired) electrons. The van der Waals surface area contributed by atoms with Crippen LogP contribution in [0.3, 0.4) is 0 Å². The Morgan fingerprint density at radius 3 is 2.52 bits per heavy atom. The summed E-state index contributed by atoms with van der Waals surface area (Å²) in [4.78, 5) is 8.24. The Morgan fingerprint density at radius 1 is 0.957 bits per heavy atom. The highest BCUT2D eigenvalue weighted by atomic mass is 35.5. The van der Waals surface area contributed by atoms with Gasteiger partial charge in [-0.15, -0.1) is 0 Å². The predicted molar refractivity (Wildman–Crippen MR) is 90.5 cm³/mol. The van der Waals surface area contributed by atoms with E-state index in [9.17, 15) is 4.39 Å². The third-order valence-electron chi connectivity index (χ3n) is 3.22. The van der Waals surface area contributed by atoms with E-state index in [2.05, 4.69) is 20.6 Å². The molecule has 1 heterocycles. The smallest absolute Gasteiger partial charge is 0.146 e. The van der Waals surface area contributed by atoms with E-state index >= 15 is 0 Å². The molecule has 4 nitrogen and oxygen atoms in total. The summed E-state index contributed by atoms with van der Waals surface area (Å²) in [7, 11) is 0. The molecule has 0 amide bonds. The van der Waals surface area contributed by atoms with E-state index in [0.29, 0.717) is 28.9 Å². The fraction of sp³-hybridized carbons (Fsp3) is 0.0588. The Hall–Kier alpha value is -2.66. The minimum absolute atomic E-state index is 0.336. The van der Waals surface area contributed by atoms with Crippen molar-refractivity contribution in [1.29, 1.82) is 0 Å². The number of halogens is 2. The largest absolute Gasteiger partial charge is 0.366 e. The van der Waals surface area contributed by atoms with Crippen LogP contribution in [0, 0.1) is 5.82 Å². The van der Waals surface area contributed by atoms with Gasteiger partial charge >= 0.3 is 0 Å². The van der Waals surface area contributed by atoms with Crippen molar-refractivity contribution >= 4 is 28.9 Å². The standard InChI is InChI=1S/C17H14ClFN4/c18-13-6-2-1-5-12(13)10-20-16-9-17(22-11-21-16)23-15-8-4-3-7-14(15)19/h1-9,11H,10H2,(H2,20,21,22,23). The van der Waals surface area contributed by atoms with Crippen LogP contribution in [0.5, 0.6) is 0 Å². The number of aromatic nitrogens is 2. The summed E-state index contributed by atoms with van der Waals surface area (Å²) in [5.41, 5.74) is 1.33. The molecule has 3 rings (SSSR count). The quantitative estimate of drug-likeness (QED) is 0.717. The molecule has 116 valence electrons. The first kappa shape index (κ1) is 15.2. The number of nitrogens with zero attached hydrogens (tertiary/aromatic N) is 2. The molecule has 1 aromatic heterocycles. The highest BCUT2D eigenvalue weighted by molar-refractivity contribution is 6.31. The summed E-state index contributed by atoms with van der Waals surface area (Å²) in [5, 5.41) is 6.80. The molecule has 0 saturated carbocycles. The van der Waals surface area contributed by atoms with Crippen LogP contribution in [0.4, 0.5) is 21.7 Å². The molecule has 0 aliphatic carbocycles. The van der Waals surface area contributed by atoms with Crippen LogP contribution in [0.25, 0.3) is 0 Å². The minimum Gasteiger partial charge on any atom is -0.366 e. The van der Waals surface area contributed by atoms with Gasteiger partial charge < -0.3 is 10.6 Å². The second-order valence-electron chi connectivity index (χ2n) is 4.84. The number of rotatable bonds is 5. The fourth-order valence-electron chi connectivity index (χ4n) is 2.05. The lowest BCUT2D eigenvalue weighted by Crippen LogP contribution is -2.04. The van der Waals surface area contributed by atoms with Gasteiger partial charge in [-0.05, 0) is 23.8 Å². The van der Waals surface area contributed by atoms with Gasteiger partial charge in [-0.1, -0.05) is 41.9 Å². The van der Waals surface area contributed by atoms with Gasteiger partial charge in [-0.2, -0.15) is 0 Å². The maximum absolute atomic E-state index is 13.7. The van der Waals surface area contributed by atoms with E-state index in [1.54, 1.807) is 24.3 Å². The summed E-state index contributed by atoms with van der Waals surface area (Å²) < 4.78 is 13.7. The Morgan fingerprint density at radius 2 is 1.70 bits per heavy atom. The van der Waals surface area contributed by atoms with Crippen molar-refractivity contribution in [3.8, 4) is 0 Å².